The highest BCUT2D eigenvalue weighted by Gasteiger charge is 2.24. The van der Waals surface area contributed by atoms with Crippen LogP contribution in [0.4, 0.5) is 0 Å². The summed E-state index contributed by atoms with van der Waals surface area (Å²) in [4.78, 5) is 0. The summed E-state index contributed by atoms with van der Waals surface area (Å²) in [5, 5.41) is 6.20. The molecule has 2 aromatic rings. The molecule has 0 aromatic heterocycles. The van der Waals surface area contributed by atoms with E-state index < -0.39 is 0 Å². The summed E-state index contributed by atoms with van der Waals surface area (Å²) in [5.74, 6) is 0.961. The lowest BCUT2D eigenvalue weighted by molar-refractivity contribution is 0.107. The topological polar surface area (TPSA) is 30.5 Å². The van der Waals surface area contributed by atoms with Crippen LogP contribution in [0.25, 0.3) is 10.8 Å². The molecule has 112 valence electrons. The Labute approximate surface area is 126 Å². The normalized spacial score (nSPS) is 21.8. The van der Waals surface area contributed by atoms with Gasteiger partial charge in [0.2, 0.25) is 0 Å². The van der Waals surface area contributed by atoms with E-state index in [1.165, 1.54) is 22.8 Å². The minimum Gasteiger partial charge on any atom is -0.496 e. The van der Waals surface area contributed by atoms with Crippen molar-refractivity contribution in [1.29, 1.82) is 0 Å². The van der Waals surface area contributed by atoms with E-state index in [-0.39, 0.29) is 0 Å². The lowest BCUT2D eigenvalue weighted by atomic mass is 10.0. The van der Waals surface area contributed by atoms with Gasteiger partial charge in [-0.3, -0.25) is 0 Å². The number of hydrogen-bond acceptors (Lipinski definition) is 3. The van der Waals surface area contributed by atoms with Gasteiger partial charge in [0.15, 0.2) is 0 Å². The van der Waals surface area contributed by atoms with Crippen molar-refractivity contribution in [2.24, 2.45) is 0 Å². The molecule has 1 fully saturated rings. The summed E-state index contributed by atoms with van der Waals surface area (Å²) in [6.07, 6.45) is 3.85. The number of rotatable bonds is 5. The molecule has 1 saturated carbocycles. The van der Waals surface area contributed by atoms with Crippen molar-refractivity contribution in [2.45, 2.75) is 38.0 Å². The standard InChI is InChI=1S/C18H23NO2/c1-20-15-9-8-14(11-15)19-12-17-16-6-4-3-5-13(16)7-10-18(17)21-2/h3-7,10,14-15,19H,8-9,11-12H2,1-2H3. The first kappa shape index (κ1) is 14.4. The average Bonchev–Trinajstić information content (AvgIpc) is 3.00. The van der Waals surface area contributed by atoms with Gasteiger partial charge in [0.05, 0.1) is 13.2 Å². The van der Waals surface area contributed by atoms with E-state index in [0.29, 0.717) is 12.1 Å². The Morgan fingerprint density at radius 1 is 1.10 bits per heavy atom. The molecular weight excluding hydrogens is 262 g/mol. The number of ether oxygens (including phenoxy) is 2. The minimum absolute atomic E-state index is 0.414. The van der Waals surface area contributed by atoms with E-state index in [4.69, 9.17) is 9.47 Å². The van der Waals surface area contributed by atoms with Crippen molar-refractivity contribution in [1.82, 2.24) is 5.32 Å². The van der Waals surface area contributed by atoms with Gasteiger partial charge in [-0.25, -0.2) is 0 Å². The van der Waals surface area contributed by atoms with Crippen molar-refractivity contribution < 1.29 is 9.47 Å². The highest BCUT2D eigenvalue weighted by Crippen LogP contribution is 2.29. The fraction of sp³-hybridized carbons (Fsp3) is 0.444. The summed E-state index contributed by atoms with van der Waals surface area (Å²) >= 11 is 0. The van der Waals surface area contributed by atoms with Crippen LogP contribution in [-0.2, 0) is 11.3 Å². The van der Waals surface area contributed by atoms with Gasteiger partial charge in [-0.1, -0.05) is 30.3 Å². The number of fused-ring (bicyclic) bond motifs is 1. The van der Waals surface area contributed by atoms with Crippen LogP contribution in [0, 0.1) is 0 Å². The lowest BCUT2D eigenvalue weighted by Gasteiger charge is -2.16. The quantitative estimate of drug-likeness (QED) is 0.912. The van der Waals surface area contributed by atoms with Crippen molar-refractivity contribution in [3.63, 3.8) is 0 Å². The molecule has 1 aliphatic carbocycles. The largest absolute Gasteiger partial charge is 0.496 e. The molecule has 0 aliphatic heterocycles. The fourth-order valence-corrected chi connectivity index (χ4v) is 3.28. The van der Waals surface area contributed by atoms with Gasteiger partial charge < -0.3 is 14.8 Å². The number of methoxy groups -OCH3 is 2. The zero-order valence-corrected chi connectivity index (χ0v) is 12.8. The van der Waals surface area contributed by atoms with Crippen molar-refractivity contribution in [3.05, 3.63) is 42.0 Å². The second kappa shape index (κ2) is 6.46. The molecule has 2 unspecified atom stereocenters. The first-order chi connectivity index (χ1) is 10.3. The van der Waals surface area contributed by atoms with Crippen molar-refractivity contribution >= 4 is 10.8 Å². The molecule has 0 spiro atoms. The van der Waals surface area contributed by atoms with Gasteiger partial charge in [0, 0.05) is 25.3 Å². The predicted molar refractivity (Wildman–Crippen MR) is 85.8 cm³/mol. The molecule has 0 radical (unpaired) electrons. The van der Waals surface area contributed by atoms with Crippen LogP contribution >= 0.6 is 0 Å². The van der Waals surface area contributed by atoms with Crippen LogP contribution in [-0.4, -0.2) is 26.4 Å². The third-order valence-electron chi connectivity index (χ3n) is 4.50. The molecule has 0 heterocycles. The second-order valence-electron chi connectivity index (χ2n) is 5.72. The molecule has 21 heavy (non-hydrogen) atoms. The summed E-state index contributed by atoms with van der Waals surface area (Å²) in [6, 6.07) is 13.2. The molecule has 1 aliphatic rings. The van der Waals surface area contributed by atoms with Crippen LogP contribution in [0.3, 0.4) is 0 Å². The smallest absolute Gasteiger partial charge is 0.123 e. The van der Waals surface area contributed by atoms with Crippen molar-refractivity contribution in [3.8, 4) is 5.75 Å². The number of benzene rings is 2. The van der Waals surface area contributed by atoms with Gasteiger partial charge in [0.25, 0.3) is 0 Å². The van der Waals surface area contributed by atoms with Gasteiger partial charge in [0.1, 0.15) is 5.75 Å². The second-order valence-corrected chi connectivity index (χ2v) is 5.72. The number of hydrogen-bond donors (Lipinski definition) is 1. The van der Waals surface area contributed by atoms with Gasteiger partial charge in [-0.15, -0.1) is 0 Å². The first-order valence-corrected chi connectivity index (χ1v) is 7.62. The SMILES string of the molecule is COc1ccc2ccccc2c1CNC1CCC(OC)C1. The Morgan fingerprint density at radius 2 is 1.95 bits per heavy atom. The summed E-state index contributed by atoms with van der Waals surface area (Å²) in [6.45, 7) is 0.839. The van der Waals surface area contributed by atoms with Gasteiger partial charge in [-0.05, 0) is 36.1 Å². The summed E-state index contributed by atoms with van der Waals surface area (Å²) in [5.41, 5.74) is 1.25. The maximum absolute atomic E-state index is 5.55. The van der Waals surface area contributed by atoms with Crippen LogP contribution in [0.2, 0.25) is 0 Å². The van der Waals surface area contributed by atoms with Crippen LogP contribution < -0.4 is 10.1 Å². The molecule has 3 nitrogen and oxygen atoms in total. The molecule has 0 amide bonds. The molecule has 2 atom stereocenters. The molecule has 1 N–H and O–H groups in total. The van der Waals surface area contributed by atoms with E-state index in [1.54, 1.807) is 14.2 Å². The Hall–Kier alpha value is -1.58. The van der Waals surface area contributed by atoms with Gasteiger partial charge in [-0.2, -0.15) is 0 Å². The molecule has 2 aromatic carbocycles. The van der Waals surface area contributed by atoms with E-state index >= 15 is 0 Å². The molecule has 3 rings (SSSR count). The van der Waals surface area contributed by atoms with Crippen LogP contribution in [0.15, 0.2) is 36.4 Å². The third-order valence-corrected chi connectivity index (χ3v) is 4.50. The first-order valence-electron chi connectivity index (χ1n) is 7.62. The van der Waals surface area contributed by atoms with Gasteiger partial charge >= 0.3 is 0 Å². The summed E-state index contributed by atoms with van der Waals surface area (Å²) in [7, 11) is 3.55. The predicted octanol–water partition coefficient (Wildman–Crippen LogP) is 3.51. The fourth-order valence-electron chi connectivity index (χ4n) is 3.28. The highest BCUT2D eigenvalue weighted by molar-refractivity contribution is 5.87. The molecule has 3 heteroatoms. The van der Waals surface area contributed by atoms with E-state index in [9.17, 15) is 0 Å². The molecule has 0 saturated heterocycles. The monoisotopic (exact) mass is 285 g/mol. The zero-order chi connectivity index (χ0) is 14.7. The van der Waals surface area contributed by atoms with E-state index in [1.807, 2.05) is 0 Å². The maximum Gasteiger partial charge on any atom is 0.123 e. The molecular formula is C18H23NO2. The Kier molecular flexibility index (Phi) is 4.42. The third kappa shape index (κ3) is 3.04. The Balaban J connectivity index is 1.79. The summed E-state index contributed by atoms with van der Waals surface area (Å²) < 4.78 is 11.0. The van der Waals surface area contributed by atoms with Crippen molar-refractivity contribution in [2.75, 3.05) is 14.2 Å². The van der Waals surface area contributed by atoms with E-state index in [0.717, 1.165) is 25.1 Å². The minimum atomic E-state index is 0.414. The average molecular weight is 285 g/mol. The zero-order valence-electron chi connectivity index (χ0n) is 12.8. The Morgan fingerprint density at radius 3 is 2.71 bits per heavy atom. The van der Waals surface area contributed by atoms with Crippen LogP contribution in [0.1, 0.15) is 24.8 Å². The number of nitrogens with one attached hydrogen (secondary N) is 1. The Bertz CT molecular complexity index is 611. The highest BCUT2D eigenvalue weighted by atomic mass is 16.5. The molecule has 0 bridgehead atoms. The maximum atomic E-state index is 5.55. The van der Waals surface area contributed by atoms with E-state index in [2.05, 4.69) is 41.7 Å². The van der Waals surface area contributed by atoms with Crippen LogP contribution in [0.5, 0.6) is 5.75 Å². The lowest BCUT2D eigenvalue weighted by Crippen LogP contribution is -2.27.